The smallest absolute Gasteiger partial charge is 0.233 e. The van der Waals surface area contributed by atoms with Gasteiger partial charge in [-0.05, 0) is 49.2 Å². The van der Waals surface area contributed by atoms with Crippen LogP contribution in [-0.2, 0) is 9.59 Å². The van der Waals surface area contributed by atoms with Crippen LogP contribution in [0.15, 0.2) is 48.5 Å². The molecular weight excluding hydrogens is 321 g/mol. The molecule has 1 saturated heterocycles. The number of benzene rings is 2. The summed E-state index contributed by atoms with van der Waals surface area (Å²) in [5.74, 6) is -1.53. The lowest BCUT2D eigenvalue weighted by molar-refractivity contribution is -0.123. The number of carbonyl (C=O) groups is 2. The lowest BCUT2D eigenvalue weighted by atomic mass is 10.2. The molecule has 1 aliphatic rings. The van der Waals surface area contributed by atoms with E-state index >= 15 is 0 Å². The van der Waals surface area contributed by atoms with Gasteiger partial charge >= 0.3 is 0 Å². The zero-order valence-corrected chi connectivity index (χ0v) is 13.8. The van der Waals surface area contributed by atoms with Crippen molar-refractivity contribution in [2.75, 3.05) is 28.6 Å². The Morgan fingerprint density at radius 1 is 0.920 bits per heavy atom. The van der Waals surface area contributed by atoms with E-state index in [-0.39, 0.29) is 12.1 Å². The predicted octanol–water partition coefficient (Wildman–Crippen LogP) is 3.39. The minimum Gasteiger partial charge on any atom is -0.372 e. The molecule has 0 unspecified atom stereocenters. The van der Waals surface area contributed by atoms with Gasteiger partial charge < -0.3 is 15.5 Å². The van der Waals surface area contributed by atoms with Crippen molar-refractivity contribution in [3.8, 4) is 0 Å². The second kappa shape index (κ2) is 7.79. The number of halogens is 1. The molecule has 1 heterocycles. The highest BCUT2D eigenvalue weighted by Gasteiger charge is 2.14. The first kappa shape index (κ1) is 17.0. The van der Waals surface area contributed by atoms with E-state index in [4.69, 9.17) is 0 Å². The van der Waals surface area contributed by atoms with Crippen molar-refractivity contribution in [3.63, 3.8) is 0 Å². The molecule has 3 rings (SSSR count). The quantitative estimate of drug-likeness (QED) is 0.820. The summed E-state index contributed by atoms with van der Waals surface area (Å²) in [5, 5.41) is 5.07. The topological polar surface area (TPSA) is 61.4 Å². The van der Waals surface area contributed by atoms with E-state index < -0.39 is 17.6 Å². The maximum Gasteiger partial charge on any atom is 0.233 e. The number of hydrogen-bond donors (Lipinski definition) is 2. The fourth-order valence-corrected chi connectivity index (χ4v) is 2.84. The third-order valence-corrected chi connectivity index (χ3v) is 4.09. The molecule has 0 spiro atoms. The largest absolute Gasteiger partial charge is 0.372 e. The summed E-state index contributed by atoms with van der Waals surface area (Å²) in [6.07, 6.45) is 2.04. The lowest BCUT2D eigenvalue weighted by Crippen LogP contribution is -2.22. The Kier molecular flexibility index (Phi) is 5.28. The molecule has 0 radical (unpaired) electrons. The second-order valence-corrected chi connectivity index (χ2v) is 5.99. The zero-order valence-electron chi connectivity index (χ0n) is 13.8. The summed E-state index contributed by atoms with van der Waals surface area (Å²) in [6, 6.07) is 13.4. The fourth-order valence-electron chi connectivity index (χ4n) is 2.84. The van der Waals surface area contributed by atoms with Crippen molar-refractivity contribution in [1.82, 2.24) is 0 Å². The summed E-state index contributed by atoms with van der Waals surface area (Å²) >= 11 is 0. The van der Waals surface area contributed by atoms with Crippen LogP contribution in [0.2, 0.25) is 0 Å². The van der Waals surface area contributed by atoms with Crippen molar-refractivity contribution in [3.05, 3.63) is 54.3 Å². The van der Waals surface area contributed by atoms with Crippen LogP contribution < -0.4 is 15.5 Å². The first-order chi connectivity index (χ1) is 12.1. The van der Waals surface area contributed by atoms with Gasteiger partial charge in [-0.1, -0.05) is 12.1 Å². The third-order valence-electron chi connectivity index (χ3n) is 4.09. The highest BCUT2D eigenvalue weighted by atomic mass is 19.1. The molecular formula is C19H20FN3O2. The molecule has 0 aromatic heterocycles. The number of nitrogens with one attached hydrogen (secondary N) is 2. The van der Waals surface area contributed by atoms with E-state index in [2.05, 4.69) is 15.5 Å². The van der Waals surface area contributed by atoms with E-state index in [0.717, 1.165) is 18.8 Å². The number of anilines is 3. The Bertz CT molecular complexity index is 756. The monoisotopic (exact) mass is 341 g/mol. The van der Waals surface area contributed by atoms with E-state index in [1.807, 2.05) is 24.3 Å². The van der Waals surface area contributed by atoms with Crippen LogP contribution in [0.4, 0.5) is 21.5 Å². The van der Waals surface area contributed by atoms with Gasteiger partial charge in [-0.3, -0.25) is 9.59 Å². The Morgan fingerprint density at radius 2 is 1.56 bits per heavy atom. The van der Waals surface area contributed by atoms with Gasteiger partial charge in [-0.15, -0.1) is 0 Å². The average molecular weight is 341 g/mol. The number of para-hydroxylation sites is 1. The summed E-state index contributed by atoms with van der Waals surface area (Å²) in [4.78, 5) is 26.1. The van der Waals surface area contributed by atoms with Crippen LogP contribution in [0.1, 0.15) is 19.3 Å². The van der Waals surface area contributed by atoms with Crippen molar-refractivity contribution < 1.29 is 14.0 Å². The number of hydrogen-bond acceptors (Lipinski definition) is 3. The van der Waals surface area contributed by atoms with Crippen LogP contribution in [0, 0.1) is 5.82 Å². The van der Waals surface area contributed by atoms with Gasteiger partial charge in [0.05, 0.1) is 5.69 Å². The van der Waals surface area contributed by atoms with Gasteiger partial charge in [0.15, 0.2) is 0 Å². The molecule has 6 heteroatoms. The molecule has 0 aliphatic carbocycles. The molecule has 0 bridgehead atoms. The van der Waals surface area contributed by atoms with E-state index in [1.165, 1.54) is 31.0 Å². The highest BCUT2D eigenvalue weighted by Crippen LogP contribution is 2.22. The van der Waals surface area contributed by atoms with Crippen molar-refractivity contribution >= 4 is 28.9 Å². The number of rotatable bonds is 5. The van der Waals surface area contributed by atoms with Crippen LogP contribution >= 0.6 is 0 Å². The van der Waals surface area contributed by atoms with Gasteiger partial charge in [0.25, 0.3) is 0 Å². The molecule has 2 aromatic carbocycles. The first-order valence-electron chi connectivity index (χ1n) is 8.31. The predicted molar refractivity (Wildman–Crippen MR) is 96.2 cm³/mol. The zero-order chi connectivity index (χ0) is 17.6. The van der Waals surface area contributed by atoms with E-state index in [9.17, 15) is 14.0 Å². The first-order valence-corrected chi connectivity index (χ1v) is 8.31. The molecule has 2 aromatic rings. The van der Waals surface area contributed by atoms with Gasteiger partial charge in [0.2, 0.25) is 11.8 Å². The summed E-state index contributed by atoms with van der Waals surface area (Å²) in [6.45, 7) is 2.11. The standard InChI is InChI=1S/C19H20FN3O2/c20-16-5-1-2-6-17(16)22-19(25)13-18(24)21-14-7-9-15(10-8-14)23-11-3-4-12-23/h1-2,5-10H,3-4,11-13H2,(H,21,24)(H,22,25). The Morgan fingerprint density at radius 3 is 2.24 bits per heavy atom. The molecule has 0 saturated carbocycles. The van der Waals surface area contributed by atoms with Crippen LogP contribution in [-0.4, -0.2) is 24.9 Å². The maximum atomic E-state index is 13.5. The van der Waals surface area contributed by atoms with E-state index in [1.54, 1.807) is 6.07 Å². The number of nitrogens with zero attached hydrogens (tertiary/aromatic N) is 1. The van der Waals surface area contributed by atoms with Crippen LogP contribution in [0.3, 0.4) is 0 Å². The fraction of sp³-hybridized carbons (Fsp3) is 0.263. The Labute approximate surface area is 145 Å². The van der Waals surface area contributed by atoms with Gasteiger partial charge in [-0.2, -0.15) is 0 Å². The average Bonchev–Trinajstić information content (AvgIpc) is 3.12. The van der Waals surface area contributed by atoms with Crippen molar-refractivity contribution in [2.24, 2.45) is 0 Å². The molecule has 25 heavy (non-hydrogen) atoms. The number of carbonyl (C=O) groups excluding carboxylic acids is 2. The van der Waals surface area contributed by atoms with Crippen molar-refractivity contribution in [2.45, 2.75) is 19.3 Å². The van der Waals surface area contributed by atoms with E-state index in [0.29, 0.717) is 5.69 Å². The normalized spacial score (nSPS) is 13.6. The highest BCUT2D eigenvalue weighted by molar-refractivity contribution is 6.08. The molecule has 1 aliphatic heterocycles. The Hall–Kier alpha value is -2.89. The summed E-state index contributed by atoms with van der Waals surface area (Å²) < 4.78 is 13.5. The number of amides is 2. The minimum absolute atomic E-state index is 0.0651. The maximum absolute atomic E-state index is 13.5. The van der Waals surface area contributed by atoms with Crippen LogP contribution in [0.25, 0.3) is 0 Å². The second-order valence-electron chi connectivity index (χ2n) is 5.99. The molecule has 130 valence electrons. The van der Waals surface area contributed by atoms with Gasteiger partial charge in [0, 0.05) is 24.5 Å². The third kappa shape index (κ3) is 4.56. The van der Waals surface area contributed by atoms with Gasteiger partial charge in [-0.25, -0.2) is 4.39 Å². The van der Waals surface area contributed by atoms with Crippen molar-refractivity contribution in [1.29, 1.82) is 0 Å². The summed E-state index contributed by atoms with van der Waals surface area (Å²) in [7, 11) is 0. The van der Waals surface area contributed by atoms with Crippen LogP contribution in [0.5, 0.6) is 0 Å². The molecule has 2 N–H and O–H groups in total. The molecule has 5 nitrogen and oxygen atoms in total. The SMILES string of the molecule is O=C(CC(=O)Nc1ccccc1F)Nc1ccc(N2CCCC2)cc1. The Balaban J connectivity index is 1.51. The van der Waals surface area contributed by atoms with Gasteiger partial charge in [0.1, 0.15) is 12.2 Å². The molecule has 0 atom stereocenters. The molecule has 2 amide bonds. The minimum atomic E-state index is -0.559. The molecule has 1 fully saturated rings. The lowest BCUT2D eigenvalue weighted by Gasteiger charge is -2.17. The summed E-state index contributed by atoms with van der Waals surface area (Å²) in [5.41, 5.74) is 1.83.